The van der Waals surface area contributed by atoms with E-state index in [2.05, 4.69) is 36.4 Å². The third-order valence-corrected chi connectivity index (χ3v) is 2.68. The Morgan fingerprint density at radius 2 is 2.35 bits per heavy atom. The number of aromatic nitrogens is 3. The first kappa shape index (κ1) is 11.8. The molecule has 0 spiro atoms. The molecule has 6 nitrogen and oxygen atoms in total. The summed E-state index contributed by atoms with van der Waals surface area (Å²) in [6, 6.07) is 1.80. The van der Waals surface area contributed by atoms with Crippen LogP contribution in [-0.2, 0) is 6.42 Å². The van der Waals surface area contributed by atoms with E-state index >= 15 is 0 Å². The summed E-state index contributed by atoms with van der Waals surface area (Å²) in [4.78, 5) is 8.28. The highest BCUT2D eigenvalue weighted by Gasteiger charge is 2.04. The summed E-state index contributed by atoms with van der Waals surface area (Å²) in [5.74, 6) is 2.01. The molecule has 0 amide bonds. The van der Waals surface area contributed by atoms with E-state index in [1.54, 1.807) is 19.2 Å². The van der Waals surface area contributed by atoms with E-state index in [9.17, 15) is 0 Å². The van der Waals surface area contributed by atoms with Crippen LogP contribution in [0.5, 0.6) is 0 Å². The molecule has 2 aromatic rings. The third-order valence-electron chi connectivity index (χ3n) is 2.07. The van der Waals surface area contributed by atoms with E-state index in [1.165, 1.54) is 0 Å². The summed E-state index contributed by atoms with van der Waals surface area (Å²) in [6.45, 7) is 2.44. The molecule has 0 aliphatic carbocycles. The zero-order chi connectivity index (χ0) is 12.3. The summed E-state index contributed by atoms with van der Waals surface area (Å²) in [6.07, 6.45) is 2.28. The minimum atomic E-state index is 0.576. The van der Waals surface area contributed by atoms with Crippen molar-refractivity contribution in [2.75, 3.05) is 17.6 Å². The Labute approximate surface area is 107 Å². The third kappa shape index (κ3) is 3.16. The van der Waals surface area contributed by atoms with Gasteiger partial charge in [-0.3, -0.25) is 0 Å². The highest BCUT2D eigenvalue weighted by atomic mass is 79.9. The highest BCUT2D eigenvalue weighted by molar-refractivity contribution is 9.10. The van der Waals surface area contributed by atoms with Gasteiger partial charge in [0.2, 0.25) is 5.89 Å². The average molecular weight is 298 g/mol. The molecule has 90 valence electrons. The number of aryl methyl sites for hydroxylation is 1. The number of pyridine rings is 1. The molecule has 17 heavy (non-hydrogen) atoms. The van der Waals surface area contributed by atoms with Crippen LogP contribution in [0.2, 0.25) is 0 Å². The summed E-state index contributed by atoms with van der Waals surface area (Å²) >= 11 is 3.38. The van der Waals surface area contributed by atoms with Gasteiger partial charge in [-0.1, -0.05) is 5.16 Å². The smallest absolute Gasteiger partial charge is 0.223 e. The molecule has 0 radical (unpaired) electrons. The molecular weight excluding hydrogens is 286 g/mol. The first-order chi connectivity index (χ1) is 8.15. The molecule has 0 aliphatic rings. The summed E-state index contributed by atoms with van der Waals surface area (Å²) in [5, 5.41) is 6.97. The molecule has 0 saturated carbocycles. The fourth-order valence-corrected chi connectivity index (χ4v) is 1.83. The van der Waals surface area contributed by atoms with Crippen molar-refractivity contribution >= 4 is 27.4 Å². The summed E-state index contributed by atoms with van der Waals surface area (Å²) in [7, 11) is 0. The Morgan fingerprint density at radius 1 is 1.53 bits per heavy atom. The maximum Gasteiger partial charge on any atom is 0.223 e. The topological polar surface area (TPSA) is 89.9 Å². The van der Waals surface area contributed by atoms with E-state index < -0.39 is 0 Å². The van der Waals surface area contributed by atoms with Gasteiger partial charge in [-0.25, -0.2) is 4.98 Å². The Kier molecular flexibility index (Phi) is 3.58. The first-order valence-electron chi connectivity index (χ1n) is 5.09. The molecule has 2 heterocycles. The van der Waals surface area contributed by atoms with Gasteiger partial charge in [0.25, 0.3) is 0 Å². The summed E-state index contributed by atoms with van der Waals surface area (Å²) < 4.78 is 5.71. The van der Waals surface area contributed by atoms with Crippen molar-refractivity contribution < 1.29 is 4.52 Å². The number of nitrogens with two attached hydrogens (primary N) is 1. The Bertz CT molecular complexity index is 513. The number of halogens is 1. The highest BCUT2D eigenvalue weighted by Crippen LogP contribution is 2.21. The second-order valence-corrected chi connectivity index (χ2v) is 4.36. The van der Waals surface area contributed by atoms with E-state index in [-0.39, 0.29) is 0 Å². The molecular formula is C10H12BrN5O. The van der Waals surface area contributed by atoms with Crippen LogP contribution in [0.15, 0.2) is 21.3 Å². The molecule has 0 saturated heterocycles. The molecule has 0 aromatic carbocycles. The summed E-state index contributed by atoms with van der Waals surface area (Å²) in [5.41, 5.74) is 6.22. The molecule has 0 fully saturated rings. The fourth-order valence-electron chi connectivity index (χ4n) is 1.32. The van der Waals surface area contributed by atoms with E-state index in [0.29, 0.717) is 30.4 Å². The minimum absolute atomic E-state index is 0.576. The lowest BCUT2D eigenvalue weighted by Gasteiger charge is -2.06. The SMILES string of the molecule is Cc1nc(CCNc2ncc(N)cc2Br)no1. The molecule has 0 atom stereocenters. The standard InChI is InChI=1S/C10H12BrN5O/c1-6-15-9(16-17-6)2-3-13-10-8(11)4-7(12)5-14-10/h4-5H,2-3,12H2,1H3,(H,13,14). The lowest BCUT2D eigenvalue weighted by Crippen LogP contribution is -2.08. The van der Waals surface area contributed by atoms with Crippen molar-refractivity contribution in [3.63, 3.8) is 0 Å². The molecule has 0 unspecified atom stereocenters. The first-order valence-corrected chi connectivity index (χ1v) is 5.88. The van der Waals surface area contributed by atoms with Crippen molar-refractivity contribution in [1.29, 1.82) is 0 Å². The minimum Gasteiger partial charge on any atom is -0.397 e. The quantitative estimate of drug-likeness (QED) is 0.894. The van der Waals surface area contributed by atoms with Crippen LogP contribution in [0.1, 0.15) is 11.7 Å². The van der Waals surface area contributed by atoms with Gasteiger partial charge in [0.1, 0.15) is 5.82 Å². The lowest BCUT2D eigenvalue weighted by atomic mass is 10.4. The van der Waals surface area contributed by atoms with Gasteiger partial charge < -0.3 is 15.6 Å². The molecule has 0 bridgehead atoms. The van der Waals surface area contributed by atoms with E-state index in [0.717, 1.165) is 10.3 Å². The van der Waals surface area contributed by atoms with Crippen LogP contribution in [0.25, 0.3) is 0 Å². The molecule has 0 aliphatic heterocycles. The van der Waals surface area contributed by atoms with Gasteiger partial charge in [0.15, 0.2) is 5.82 Å². The number of hydrogen-bond acceptors (Lipinski definition) is 6. The molecule has 2 aromatic heterocycles. The Balaban J connectivity index is 1.90. The van der Waals surface area contributed by atoms with Crippen molar-refractivity contribution in [3.05, 3.63) is 28.5 Å². The number of hydrogen-bond donors (Lipinski definition) is 2. The van der Waals surface area contributed by atoms with Crippen molar-refractivity contribution in [3.8, 4) is 0 Å². The van der Waals surface area contributed by atoms with Crippen molar-refractivity contribution in [2.45, 2.75) is 13.3 Å². The van der Waals surface area contributed by atoms with Crippen LogP contribution >= 0.6 is 15.9 Å². The average Bonchev–Trinajstić information content (AvgIpc) is 2.68. The molecule has 2 rings (SSSR count). The van der Waals surface area contributed by atoms with Gasteiger partial charge in [-0.05, 0) is 22.0 Å². The van der Waals surface area contributed by atoms with Crippen molar-refractivity contribution in [2.24, 2.45) is 0 Å². The Morgan fingerprint density at radius 3 is 3.00 bits per heavy atom. The predicted octanol–water partition coefficient (Wildman–Crippen LogP) is 1.77. The second kappa shape index (κ2) is 5.13. The molecule has 3 N–H and O–H groups in total. The van der Waals surface area contributed by atoms with Gasteiger partial charge in [0.05, 0.1) is 16.4 Å². The van der Waals surface area contributed by atoms with E-state index in [1.807, 2.05) is 0 Å². The largest absolute Gasteiger partial charge is 0.397 e. The monoisotopic (exact) mass is 297 g/mol. The normalized spacial score (nSPS) is 10.5. The molecule has 7 heteroatoms. The van der Waals surface area contributed by atoms with Gasteiger partial charge in [-0.15, -0.1) is 0 Å². The van der Waals surface area contributed by atoms with Crippen LogP contribution in [0.3, 0.4) is 0 Å². The zero-order valence-corrected chi connectivity index (χ0v) is 10.9. The van der Waals surface area contributed by atoms with Crippen molar-refractivity contribution in [1.82, 2.24) is 15.1 Å². The fraction of sp³-hybridized carbons (Fsp3) is 0.300. The van der Waals surface area contributed by atoms with E-state index in [4.69, 9.17) is 10.3 Å². The second-order valence-electron chi connectivity index (χ2n) is 3.51. The predicted molar refractivity (Wildman–Crippen MR) is 67.6 cm³/mol. The number of nitrogen functional groups attached to an aromatic ring is 1. The van der Waals surface area contributed by atoms with Gasteiger partial charge >= 0.3 is 0 Å². The Hall–Kier alpha value is -1.63. The number of nitrogens with one attached hydrogen (secondary N) is 1. The van der Waals surface area contributed by atoms with Gasteiger partial charge in [-0.2, -0.15) is 4.98 Å². The zero-order valence-electron chi connectivity index (χ0n) is 9.27. The number of anilines is 2. The maximum absolute atomic E-state index is 5.60. The number of rotatable bonds is 4. The maximum atomic E-state index is 5.60. The number of nitrogens with zero attached hydrogens (tertiary/aromatic N) is 3. The lowest BCUT2D eigenvalue weighted by molar-refractivity contribution is 0.387. The van der Waals surface area contributed by atoms with Gasteiger partial charge in [0, 0.05) is 19.9 Å². The van der Waals surface area contributed by atoms with Crippen LogP contribution < -0.4 is 11.1 Å². The van der Waals surface area contributed by atoms with Crippen LogP contribution in [0, 0.1) is 6.92 Å². The van der Waals surface area contributed by atoms with Crippen LogP contribution in [-0.4, -0.2) is 21.7 Å². The van der Waals surface area contributed by atoms with Crippen LogP contribution in [0.4, 0.5) is 11.5 Å².